The molecule has 19 heavy (non-hydrogen) atoms. The van der Waals surface area contributed by atoms with Gasteiger partial charge in [0, 0.05) is 0 Å². The Morgan fingerprint density at radius 3 is 2.53 bits per heavy atom. The van der Waals surface area contributed by atoms with Crippen LogP contribution in [0.4, 0.5) is 8.78 Å². The van der Waals surface area contributed by atoms with E-state index >= 15 is 0 Å². The Morgan fingerprint density at radius 2 is 2.05 bits per heavy atom. The molecule has 1 aliphatic rings. The van der Waals surface area contributed by atoms with Gasteiger partial charge in [-0.1, -0.05) is 0 Å². The minimum Gasteiger partial charge on any atom is -0.485 e. The highest BCUT2D eigenvalue weighted by Gasteiger charge is 2.24. The Morgan fingerprint density at radius 1 is 1.42 bits per heavy atom. The van der Waals surface area contributed by atoms with Crippen LogP contribution in [0.25, 0.3) is 0 Å². The highest BCUT2D eigenvalue weighted by atomic mass is 19.1. The number of carbonyl (C=O) groups is 1. The van der Waals surface area contributed by atoms with Gasteiger partial charge in [0.05, 0.1) is 17.8 Å². The van der Waals surface area contributed by atoms with E-state index in [2.05, 4.69) is 0 Å². The molecular weight excluding hydrogens is 258 g/mol. The number of carboxylic acids is 1. The van der Waals surface area contributed by atoms with Gasteiger partial charge in [0.2, 0.25) is 0 Å². The van der Waals surface area contributed by atoms with Crippen LogP contribution >= 0.6 is 0 Å². The van der Waals surface area contributed by atoms with Gasteiger partial charge in [-0.05, 0) is 31.9 Å². The molecule has 2 rings (SSSR count). The molecule has 0 aliphatic carbocycles. The number of hydrogen-bond acceptors (Lipinski definition) is 3. The molecule has 0 spiro atoms. The van der Waals surface area contributed by atoms with E-state index in [1.807, 2.05) is 6.92 Å². The molecule has 1 fully saturated rings. The van der Waals surface area contributed by atoms with Crippen LogP contribution < -0.4 is 4.74 Å². The van der Waals surface area contributed by atoms with Gasteiger partial charge in [-0.25, -0.2) is 13.6 Å². The van der Waals surface area contributed by atoms with E-state index in [1.165, 1.54) is 0 Å². The number of halogens is 2. The van der Waals surface area contributed by atoms with Crippen molar-refractivity contribution in [2.45, 2.75) is 32.0 Å². The lowest BCUT2D eigenvalue weighted by Crippen LogP contribution is -2.19. The van der Waals surface area contributed by atoms with Gasteiger partial charge in [-0.3, -0.25) is 0 Å². The van der Waals surface area contributed by atoms with E-state index in [0.29, 0.717) is 0 Å². The summed E-state index contributed by atoms with van der Waals surface area (Å²) >= 11 is 0. The molecule has 2 unspecified atom stereocenters. The normalized spacial score (nSPS) is 22.5. The molecule has 2 atom stereocenters. The average Bonchev–Trinajstić information content (AvgIpc) is 2.73. The highest BCUT2D eigenvalue weighted by Crippen LogP contribution is 2.25. The summed E-state index contributed by atoms with van der Waals surface area (Å²) in [6.45, 7) is 1.97. The van der Waals surface area contributed by atoms with Crippen molar-refractivity contribution in [3.8, 4) is 5.75 Å². The smallest absolute Gasteiger partial charge is 0.335 e. The first-order valence-corrected chi connectivity index (χ1v) is 5.98. The van der Waals surface area contributed by atoms with Gasteiger partial charge in [0.15, 0.2) is 17.4 Å². The van der Waals surface area contributed by atoms with Crippen molar-refractivity contribution in [1.82, 2.24) is 0 Å². The largest absolute Gasteiger partial charge is 0.485 e. The molecule has 0 saturated carbocycles. The number of rotatable bonds is 4. The topological polar surface area (TPSA) is 55.8 Å². The number of benzene rings is 1. The van der Waals surface area contributed by atoms with Crippen molar-refractivity contribution in [1.29, 1.82) is 0 Å². The molecule has 1 aliphatic heterocycles. The Balaban J connectivity index is 2.06. The molecule has 1 saturated heterocycles. The van der Waals surface area contributed by atoms with Crippen molar-refractivity contribution < 1.29 is 28.2 Å². The molecule has 104 valence electrons. The minimum absolute atomic E-state index is 0.0462. The third kappa shape index (κ3) is 3.20. The minimum atomic E-state index is -1.39. The second-order valence-corrected chi connectivity index (χ2v) is 4.53. The van der Waals surface area contributed by atoms with Gasteiger partial charge in [-0.2, -0.15) is 0 Å². The summed E-state index contributed by atoms with van der Waals surface area (Å²) in [6, 6.07) is 1.47. The molecule has 1 aromatic carbocycles. The molecule has 0 bridgehead atoms. The third-order valence-electron chi connectivity index (χ3n) is 2.98. The number of aromatic carboxylic acids is 1. The van der Waals surface area contributed by atoms with Gasteiger partial charge in [-0.15, -0.1) is 0 Å². The van der Waals surface area contributed by atoms with E-state index in [9.17, 15) is 13.6 Å². The molecule has 0 radical (unpaired) electrons. The number of carboxylic acid groups (broad SMARTS) is 1. The maximum Gasteiger partial charge on any atom is 0.335 e. The molecule has 1 heterocycles. The fourth-order valence-corrected chi connectivity index (χ4v) is 2.01. The summed E-state index contributed by atoms with van der Waals surface area (Å²) in [5, 5.41) is 8.66. The van der Waals surface area contributed by atoms with Crippen LogP contribution in [0.3, 0.4) is 0 Å². The van der Waals surface area contributed by atoms with Crippen LogP contribution in [0.5, 0.6) is 5.75 Å². The second-order valence-electron chi connectivity index (χ2n) is 4.53. The average molecular weight is 272 g/mol. The predicted octanol–water partition coefficient (Wildman–Crippen LogP) is 2.61. The number of hydrogen-bond donors (Lipinski definition) is 1. The van der Waals surface area contributed by atoms with Crippen molar-refractivity contribution >= 4 is 5.97 Å². The second kappa shape index (κ2) is 5.52. The van der Waals surface area contributed by atoms with Crippen molar-refractivity contribution in [3.63, 3.8) is 0 Å². The lowest BCUT2D eigenvalue weighted by Gasteiger charge is -2.14. The standard InChI is InChI=1S/C13H14F2O4/c1-7-2-3-9(19-7)6-18-12-10(14)4-8(13(16)17)5-11(12)15/h4-5,7,9H,2-3,6H2,1H3,(H,16,17). The Bertz CT molecular complexity index is 467. The zero-order chi connectivity index (χ0) is 14.0. The molecule has 0 amide bonds. The summed E-state index contributed by atoms with van der Waals surface area (Å²) in [7, 11) is 0. The maximum atomic E-state index is 13.6. The van der Waals surface area contributed by atoms with Crippen molar-refractivity contribution in [2.24, 2.45) is 0 Å². The van der Waals surface area contributed by atoms with Gasteiger partial charge >= 0.3 is 5.97 Å². The van der Waals surface area contributed by atoms with Gasteiger partial charge in [0.1, 0.15) is 6.61 Å². The van der Waals surface area contributed by atoms with Crippen molar-refractivity contribution in [2.75, 3.05) is 6.61 Å². The number of ether oxygens (including phenoxy) is 2. The first-order valence-electron chi connectivity index (χ1n) is 5.98. The van der Waals surface area contributed by atoms with E-state index < -0.39 is 28.9 Å². The first-order chi connectivity index (χ1) is 8.97. The zero-order valence-electron chi connectivity index (χ0n) is 10.4. The summed E-state index contributed by atoms with van der Waals surface area (Å²) in [5.41, 5.74) is -0.451. The predicted molar refractivity (Wildman–Crippen MR) is 62.4 cm³/mol. The monoisotopic (exact) mass is 272 g/mol. The van der Waals surface area contributed by atoms with Crippen LogP contribution in [0.1, 0.15) is 30.1 Å². The van der Waals surface area contributed by atoms with E-state index in [0.717, 1.165) is 25.0 Å². The fourth-order valence-electron chi connectivity index (χ4n) is 2.01. The lowest BCUT2D eigenvalue weighted by atomic mass is 10.2. The van der Waals surface area contributed by atoms with Crippen LogP contribution in [-0.2, 0) is 4.74 Å². The van der Waals surface area contributed by atoms with Gasteiger partial charge in [0.25, 0.3) is 0 Å². The molecule has 1 N–H and O–H groups in total. The highest BCUT2D eigenvalue weighted by molar-refractivity contribution is 5.87. The van der Waals surface area contributed by atoms with Crippen LogP contribution in [0, 0.1) is 11.6 Å². The van der Waals surface area contributed by atoms with Crippen LogP contribution in [0.15, 0.2) is 12.1 Å². The Labute approximate surface area is 108 Å². The van der Waals surface area contributed by atoms with Crippen LogP contribution in [0.2, 0.25) is 0 Å². The van der Waals surface area contributed by atoms with E-state index in [4.69, 9.17) is 14.6 Å². The van der Waals surface area contributed by atoms with E-state index in [-0.39, 0.29) is 18.8 Å². The fraction of sp³-hybridized carbons (Fsp3) is 0.462. The molecule has 6 heteroatoms. The summed E-state index contributed by atoms with van der Waals surface area (Å²) in [4.78, 5) is 10.6. The lowest BCUT2D eigenvalue weighted by molar-refractivity contribution is 0.0246. The van der Waals surface area contributed by atoms with Gasteiger partial charge < -0.3 is 14.6 Å². The Hall–Kier alpha value is -1.69. The third-order valence-corrected chi connectivity index (χ3v) is 2.98. The molecule has 4 nitrogen and oxygen atoms in total. The van der Waals surface area contributed by atoms with Crippen molar-refractivity contribution in [3.05, 3.63) is 29.3 Å². The molecule has 1 aromatic rings. The SMILES string of the molecule is CC1CCC(COc2c(F)cc(C(=O)O)cc2F)O1. The zero-order valence-corrected chi connectivity index (χ0v) is 10.4. The van der Waals surface area contributed by atoms with E-state index in [1.54, 1.807) is 0 Å². The summed E-state index contributed by atoms with van der Waals surface area (Å²) in [6.07, 6.45) is 1.60. The molecule has 0 aromatic heterocycles. The quantitative estimate of drug-likeness (QED) is 0.915. The Kier molecular flexibility index (Phi) is 3.99. The maximum absolute atomic E-state index is 13.6. The summed E-state index contributed by atoms with van der Waals surface area (Å²) < 4.78 is 37.6. The molecular formula is C13H14F2O4. The first kappa shape index (κ1) is 13.7. The van der Waals surface area contributed by atoms with Crippen LogP contribution in [-0.4, -0.2) is 29.9 Å². The summed E-state index contributed by atoms with van der Waals surface area (Å²) in [5.74, 6) is -4.00.